The summed E-state index contributed by atoms with van der Waals surface area (Å²) >= 11 is 3.66. The van der Waals surface area contributed by atoms with Crippen LogP contribution in [0.1, 0.15) is 39.2 Å². The van der Waals surface area contributed by atoms with Crippen molar-refractivity contribution >= 4 is 33.5 Å². The molecule has 0 unspecified atom stereocenters. The molecule has 118 valence electrons. The highest BCUT2D eigenvalue weighted by atomic mass is 79.9. The Balaban J connectivity index is 2.35. The molecule has 2 rings (SSSR count). The molecule has 0 radical (unpaired) electrons. The zero-order valence-electron chi connectivity index (χ0n) is 13.0. The lowest BCUT2D eigenvalue weighted by atomic mass is 9.73. The Morgan fingerprint density at radius 3 is 2.45 bits per heavy atom. The highest BCUT2D eigenvalue weighted by Crippen LogP contribution is 2.44. The van der Waals surface area contributed by atoms with Gasteiger partial charge in [0.25, 0.3) is 5.69 Å². The molecule has 0 spiro atoms. The number of rotatable bonds is 3. The van der Waals surface area contributed by atoms with E-state index in [9.17, 15) is 14.9 Å². The standard InChI is InChI=1S/C17H20BrNO3/c1-11(2)17(18)9-8-12(3)15(16(17)20)10-13-4-6-14(7-5-13)19(21)22/h4-7,10-12H,8-9H2,1-3H3/b15-10+/t12-,17+/m1/s1. The monoisotopic (exact) mass is 365 g/mol. The summed E-state index contributed by atoms with van der Waals surface area (Å²) < 4.78 is -0.494. The molecule has 22 heavy (non-hydrogen) atoms. The third-order valence-corrected chi connectivity index (χ3v) is 6.13. The van der Waals surface area contributed by atoms with Gasteiger partial charge < -0.3 is 0 Å². The number of carbonyl (C=O) groups is 1. The minimum Gasteiger partial charge on any atom is -0.293 e. The van der Waals surface area contributed by atoms with Gasteiger partial charge in [0.15, 0.2) is 5.78 Å². The lowest BCUT2D eigenvalue weighted by Crippen LogP contribution is -2.43. The van der Waals surface area contributed by atoms with E-state index in [4.69, 9.17) is 0 Å². The van der Waals surface area contributed by atoms with E-state index in [0.29, 0.717) is 0 Å². The molecule has 1 aliphatic rings. The van der Waals surface area contributed by atoms with E-state index < -0.39 is 9.25 Å². The number of carbonyl (C=O) groups excluding carboxylic acids is 1. The second-order valence-corrected chi connectivity index (χ2v) is 7.65. The minimum absolute atomic E-state index is 0.0576. The molecule has 0 heterocycles. The largest absolute Gasteiger partial charge is 0.293 e. The number of hydrogen-bond donors (Lipinski definition) is 0. The van der Waals surface area contributed by atoms with E-state index in [0.717, 1.165) is 24.0 Å². The van der Waals surface area contributed by atoms with Gasteiger partial charge in [-0.3, -0.25) is 14.9 Å². The summed E-state index contributed by atoms with van der Waals surface area (Å²) in [6.07, 6.45) is 3.66. The van der Waals surface area contributed by atoms with Crippen LogP contribution in [0.15, 0.2) is 29.8 Å². The lowest BCUT2D eigenvalue weighted by molar-refractivity contribution is -0.384. The molecule has 1 saturated carbocycles. The Kier molecular flexibility index (Phi) is 4.85. The van der Waals surface area contributed by atoms with Crippen LogP contribution in [0, 0.1) is 22.0 Å². The number of benzene rings is 1. The summed E-state index contributed by atoms with van der Waals surface area (Å²) in [4.78, 5) is 23.1. The second-order valence-electron chi connectivity index (χ2n) is 6.23. The van der Waals surface area contributed by atoms with Crippen LogP contribution in [0.4, 0.5) is 5.69 Å². The Labute approximate surface area is 138 Å². The molecule has 0 aromatic heterocycles. The summed E-state index contributed by atoms with van der Waals surface area (Å²) in [6, 6.07) is 6.30. The van der Waals surface area contributed by atoms with Crippen LogP contribution < -0.4 is 0 Å². The van der Waals surface area contributed by atoms with Gasteiger partial charge in [0.05, 0.1) is 9.25 Å². The zero-order chi connectivity index (χ0) is 16.5. The number of nitro groups is 1. The van der Waals surface area contributed by atoms with Crippen molar-refractivity contribution in [1.29, 1.82) is 0 Å². The number of allylic oxidation sites excluding steroid dienone is 1. The third kappa shape index (κ3) is 3.14. The molecule has 4 nitrogen and oxygen atoms in total. The van der Waals surface area contributed by atoms with Crippen molar-refractivity contribution in [3.8, 4) is 0 Å². The minimum atomic E-state index is -0.494. The zero-order valence-corrected chi connectivity index (χ0v) is 14.6. The van der Waals surface area contributed by atoms with E-state index in [-0.39, 0.29) is 23.3 Å². The molecule has 0 bridgehead atoms. The van der Waals surface area contributed by atoms with Crippen LogP contribution in [-0.4, -0.2) is 15.0 Å². The smallest absolute Gasteiger partial charge is 0.269 e. The molecule has 0 N–H and O–H groups in total. The van der Waals surface area contributed by atoms with Gasteiger partial charge >= 0.3 is 0 Å². The van der Waals surface area contributed by atoms with Gasteiger partial charge in [-0.05, 0) is 48.4 Å². The fraction of sp³-hybridized carbons (Fsp3) is 0.471. The number of ketones is 1. The van der Waals surface area contributed by atoms with Gasteiger partial charge in [-0.15, -0.1) is 0 Å². The Hall–Kier alpha value is -1.49. The molecule has 1 aliphatic carbocycles. The third-order valence-electron chi connectivity index (χ3n) is 4.45. The van der Waals surface area contributed by atoms with Crippen molar-refractivity contribution < 1.29 is 9.72 Å². The van der Waals surface area contributed by atoms with Crippen LogP contribution in [0.25, 0.3) is 6.08 Å². The topological polar surface area (TPSA) is 60.2 Å². The van der Waals surface area contributed by atoms with Crippen LogP contribution in [0.3, 0.4) is 0 Å². The van der Waals surface area contributed by atoms with Crippen LogP contribution in [-0.2, 0) is 4.79 Å². The first kappa shape index (κ1) is 16.9. The first-order valence-corrected chi connectivity index (χ1v) is 8.24. The van der Waals surface area contributed by atoms with Crippen molar-refractivity contribution in [2.45, 2.75) is 37.9 Å². The summed E-state index contributed by atoms with van der Waals surface area (Å²) in [5.74, 6) is 0.555. The van der Waals surface area contributed by atoms with E-state index in [1.807, 2.05) is 19.9 Å². The number of Topliss-reactive ketones (excluding diaryl/α,β-unsaturated/α-hetero) is 1. The van der Waals surface area contributed by atoms with Crippen molar-refractivity contribution in [2.75, 3.05) is 0 Å². The highest BCUT2D eigenvalue weighted by molar-refractivity contribution is 9.10. The SMILES string of the molecule is CC(C)[C@@]1(Br)CC[C@@H](C)/C(=C\c2ccc([N+](=O)[O-])cc2)C1=O. The quantitative estimate of drug-likeness (QED) is 0.335. The Bertz CT molecular complexity index is 621. The van der Waals surface area contributed by atoms with Gasteiger partial charge in [-0.2, -0.15) is 0 Å². The molecular formula is C17H20BrNO3. The summed E-state index contributed by atoms with van der Waals surface area (Å²) in [5, 5.41) is 10.7. The van der Waals surface area contributed by atoms with E-state index in [1.165, 1.54) is 12.1 Å². The molecule has 2 atom stereocenters. The van der Waals surface area contributed by atoms with Crippen LogP contribution >= 0.6 is 15.9 Å². The number of non-ortho nitro benzene ring substituents is 1. The maximum absolute atomic E-state index is 12.9. The lowest BCUT2D eigenvalue weighted by Gasteiger charge is -2.38. The molecular weight excluding hydrogens is 346 g/mol. The number of nitro benzene ring substituents is 1. The summed E-state index contributed by atoms with van der Waals surface area (Å²) in [7, 11) is 0. The highest BCUT2D eigenvalue weighted by Gasteiger charge is 2.44. The molecule has 0 aliphatic heterocycles. The van der Waals surface area contributed by atoms with E-state index >= 15 is 0 Å². The van der Waals surface area contributed by atoms with Crippen molar-refractivity contribution in [3.63, 3.8) is 0 Å². The first-order chi connectivity index (χ1) is 10.3. The average molecular weight is 366 g/mol. The van der Waals surface area contributed by atoms with Crippen molar-refractivity contribution in [1.82, 2.24) is 0 Å². The first-order valence-electron chi connectivity index (χ1n) is 7.45. The van der Waals surface area contributed by atoms with Crippen LogP contribution in [0.5, 0.6) is 0 Å². The van der Waals surface area contributed by atoms with Gasteiger partial charge in [0.2, 0.25) is 0 Å². The van der Waals surface area contributed by atoms with Gasteiger partial charge in [0, 0.05) is 17.7 Å². The fourth-order valence-electron chi connectivity index (χ4n) is 2.79. The van der Waals surface area contributed by atoms with E-state index in [1.54, 1.807) is 12.1 Å². The molecule has 1 fully saturated rings. The molecule has 0 saturated heterocycles. The molecule has 0 amide bonds. The second kappa shape index (κ2) is 6.32. The predicted molar refractivity (Wildman–Crippen MR) is 91.0 cm³/mol. The Morgan fingerprint density at radius 1 is 1.36 bits per heavy atom. The summed E-state index contributed by atoms with van der Waals surface area (Å²) in [5.41, 5.74) is 1.68. The van der Waals surface area contributed by atoms with E-state index in [2.05, 4.69) is 22.9 Å². The summed E-state index contributed by atoms with van der Waals surface area (Å²) in [6.45, 7) is 6.15. The fourth-order valence-corrected chi connectivity index (χ4v) is 3.25. The maximum Gasteiger partial charge on any atom is 0.269 e. The number of alkyl halides is 1. The van der Waals surface area contributed by atoms with Gasteiger partial charge in [-0.1, -0.05) is 36.7 Å². The average Bonchev–Trinajstić information content (AvgIpc) is 2.48. The van der Waals surface area contributed by atoms with Gasteiger partial charge in [-0.25, -0.2) is 0 Å². The van der Waals surface area contributed by atoms with Gasteiger partial charge in [0.1, 0.15) is 0 Å². The molecule has 5 heteroatoms. The molecule has 1 aromatic rings. The van der Waals surface area contributed by atoms with Crippen molar-refractivity contribution in [3.05, 3.63) is 45.5 Å². The maximum atomic E-state index is 12.9. The predicted octanol–water partition coefficient (Wildman–Crippen LogP) is 4.77. The van der Waals surface area contributed by atoms with Crippen molar-refractivity contribution in [2.24, 2.45) is 11.8 Å². The molecule has 1 aromatic carbocycles. The van der Waals surface area contributed by atoms with Crippen LogP contribution in [0.2, 0.25) is 0 Å². The number of nitrogens with zero attached hydrogens (tertiary/aromatic N) is 1. The number of hydrogen-bond acceptors (Lipinski definition) is 3. The normalized spacial score (nSPS) is 27.4. The number of halogens is 1. The Morgan fingerprint density at radius 2 is 1.95 bits per heavy atom.